The minimum absolute atomic E-state index is 0.558. The summed E-state index contributed by atoms with van der Waals surface area (Å²) in [6.07, 6.45) is 5.57. The second-order valence-electron chi connectivity index (χ2n) is 7.83. The van der Waals surface area contributed by atoms with E-state index in [9.17, 15) is 9.59 Å². The largest absolute Gasteiger partial charge is 0.478 e. The van der Waals surface area contributed by atoms with Gasteiger partial charge in [-0.05, 0) is 42.5 Å². The zero-order valence-electron chi connectivity index (χ0n) is 17.5. The van der Waals surface area contributed by atoms with Crippen molar-refractivity contribution in [3.05, 3.63) is 54.7 Å². The fourth-order valence-electron chi connectivity index (χ4n) is 4.17. The quantitative estimate of drug-likeness (QED) is 0.535. The maximum atomic E-state index is 9.55. The summed E-state index contributed by atoms with van der Waals surface area (Å²) < 4.78 is 0. The molecule has 3 fully saturated rings. The number of fused-ring (bicyclic) bond motifs is 5. The number of rotatable bonds is 4. The van der Waals surface area contributed by atoms with Crippen LogP contribution < -0.4 is 4.90 Å². The maximum absolute atomic E-state index is 9.55. The molecule has 0 amide bonds. The third-order valence-electron chi connectivity index (χ3n) is 5.82. The number of piperidine rings is 1. The molecule has 1 aromatic carbocycles. The Balaban J connectivity index is 0.000000265. The number of carbonyl (C=O) groups is 2. The molecule has 0 radical (unpaired) electrons. The number of nitrogens with zero attached hydrogens (tertiary/aromatic N) is 4. The second-order valence-corrected chi connectivity index (χ2v) is 7.83. The molecule has 0 spiro atoms. The summed E-state index contributed by atoms with van der Waals surface area (Å²) in [4.78, 5) is 27.4. The standard InChI is InChI=1S/C19H21N5.C4H4O4/c1-2-15(13-18-14(1)5-8-20-18)17-3-4-19(22-21-17)24-12-11-23-9-6-16(24)7-10-23;5-3(6)1-2-4(7)8/h1-5,8,13,16,20H,6-7,9-12H2;1-2H,(H,5,6)(H,7,8)/b;2-1+. The molecule has 3 aliphatic rings. The van der Waals surface area contributed by atoms with Gasteiger partial charge in [0.2, 0.25) is 0 Å². The van der Waals surface area contributed by atoms with Crippen LogP contribution in [0.3, 0.4) is 0 Å². The van der Waals surface area contributed by atoms with Crippen molar-refractivity contribution < 1.29 is 19.8 Å². The van der Waals surface area contributed by atoms with Crippen LogP contribution in [0.1, 0.15) is 12.8 Å². The normalized spacial score (nSPS) is 20.1. The van der Waals surface area contributed by atoms with E-state index in [0.29, 0.717) is 18.2 Å². The molecule has 3 aliphatic heterocycles. The van der Waals surface area contributed by atoms with E-state index in [1.807, 2.05) is 6.20 Å². The Labute approximate surface area is 185 Å². The van der Waals surface area contributed by atoms with Crippen LogP contribution in [0.25, 0.3) is 22.2 Å². The molecule has 3 saturated heterocycles. The van der Waals surface area contributed by atoms with Gasteiger partial charge in [-0.25, -0.2) is 9.59 Å². The highest BCUT2D eigenvalue weighted by molar-refractivity contribution is 5.89. The Morgan fingerprint density at radius 3 is 2.34 bits per heavy atom. The van der Waals surface area contributed by atoms with E-state index in [4.69, 9.17) is 10.2 Å². The van der Waals surface area contributed by atoms with Gasteiger partial charge >= 0.3 is 11.9 Å². The van der Waals surface area contributed by atoms with E-state index < -0.39 is 11.9 Å². The molecule has 0 unspecified atom stereocenters. The van der Waals surface area contributed by atoms with Crippen molar-refractivity contribution in [3.8, 4) is 11.3 Å². The van der Waals surface area contributed by atoms with Crippen LogP contribution in [-0.2, 0) is 9.59 Å². The molecule has 2 bridgehead atoms. The molecule has 9 heteroatoms. The van der Waals surface area contributed by atoms with Gasteiger partial charge in [0.1, 0.15) is 0 Å². The van der Waals surface area contributed by atoms with Gasteiger partial charge in [0.25, 0.3) is 0 Å². The topological polar surface area (TPSA) is 123 Å². The van der Waals surface area contributed by atoms with E-state index in [1.165, 1.54) is 31.3 Å². The van der Waals surface area contributed by atoms with Crippen LogP contribution in [0.2, 0.25) is 0 Å². The summed E-state index contributed by atoms with van der Waals surface area (Å²) in [7, 11) is 0. The number of carboxylic acids is 2. The predicted octanol–water partition coefficient (Wildman–Crippen LogP) is 2.62. The lowest BCUT2D eigenvalue weighted by atomic mass is 10.1. The van der Waals surface area contributed by atoms with E-state index in [-0.39, 0.29) is 0 Å². The summed E-state index contributed by atoms with van der Waals surface area (Å²) in [6.45, 7) is 4.65. The van der Waals surface area contributed by atoms with Crippen molar-refractivity contribution >= 4 is 28.7 Å². The fraction of sp³-hybridized carbons (Fsp3) is 0.304. The minimum atomic E-state index is -1.26. The molecule has 32 heavy (non-hydrogen) atoms. The smallest absolute Gasteiger partial charge is 0.328 e. The average molecular weight is 435 g/mol. The molecular weight excluding hydrogens is 410 g/mol. The molecule has 5 heterocycles. The Hall–Kier alpha value is -3.72. The molecule has 2 aromatic heterocycles. The van der Waals surface area contributed by atoms with E-state index in [1.54, 1.807) is 0 Å². The van der Waals surface area contributed by atoms with Crippen molar-refractivity contribution in [1.82, 2.24) is 20.1 Å². The number of aliphatic carboxylic acids is 2. The van der Waals surface area contributed by atoms with Crippen LogP contribution >= 0.6 is 0 Å². The number of H-pyrrole nitrogens is 1. The van der Waals surface area contributed by atoms with Crippen LogP contribution in [-0.4, -0.2) is 74.5 Å². The lowest BCUT2D eigenvalue weighted by Gasteiger charge is -2.31. The Morgan fingerprint density at radius 1 is 0.938 bits per heavy atom. The van der Waals surface area contributed by atoms with Gasteiger partial charge in [-0.15, -0.1) is 10.2 Å². The highest BCUT2D eigenvalue weighted by Crippen LogP contribution is 2.27. The van der Waals surface area contributed by atoms with Gasteiger partial charge in [0.15, 0.2) is 5.82 Å². The summed E-state index contributed by atoms with van der Waals surface area (Å²) >= 11 is 0. The lowest BCUT2D eigenvalue weighted by molar-refractivity contribution is -0.134. The first kappa shape index (κ1) is 21.5. The predicted molar refractivity (Wildman–Crippen MR) is 121 cm³/mol. The molecular formula is C23H25N5O4. The molecule has 6 rings (SSSR count). The molecule has 0 atom stereocenters. The van der Waals surface area contributed by atoms with Crippen molar-refractivity contribution in [2.45, 2.75) is 18.9 Å². The van der Waals surface area contributed by atoms with Gasteiger partial charge < -0.3 is 25.0 Å². The Bertz CT molecular complexity index is 1100. The molecule has 0 aliphatic carbocycles. The summed E-state index contributed by atoms with van der Waals surface area (Å²) in [5.41, 5.74) is 3.17. The number of nitrogens with one attached hydrogen (secondary N) is 1. The number of hydrogen-bond acceptors (Lipinski definition) is 6. The van der Waals surface area contributed by atoms with Crippen LogP contribution in [0.4, 0.5) is 5.82 Å². The highest BCUT2D eigenvalue weighted by Gasteiger charge is 2.29. The third-order valence-corrected chi connectivity index (χ3v) is 5.82. The zero-order chi connectivity index (χ0) is 22.5. The molecule has 9 nitrogen and oxygen atoms in total. The van der Waals surface area contributed by atoms with Crippen molar-refractivity contribution in [1.29, 1.82) is 0 Å². The Morgan fingerprint density at radius 2 is 1.69 bits per heavy atom. The number of anilines is 1. The highest BCUT2D eigenvalue weighted by atomic mass is 16.4. The summed E-state index contributed by atoms with van der Waals surface area (Å²) in [6, 6.07) is 13.3. The van der Waals surface area contributed by atoms with E-state index >= 15 is 0 Å². The van der Waals surface area contributed by atoms with Crippen LogP contribution in [0.15, 0.2) is 54.7 Å². The first-order chi connectivity index (χ1) is 15.5. The average Bonchev–Trinajstić information content (AvgIpc) is 3.07. The minimum Gasteiger partial charge on any atom is -0.478 e. The SMILES string of the molecule is O=C(O)/C=C/C(=O)O.c1cc2ccc(-c3ccc(N4CCN5CCC4CC5)nn3)cc2[nH]1. The molecule has 3 aromatic rings. The fourth-order valence-corrected chi connectivity index (χ4v) is 4.17. The zero-order valence-corrected chi connectivity index (χ0v) is 17.5. The van der Waals surface area contributed by atoms with Gasteiger partial charge in [-0.3, -0.25) is 0 Å². The number of carboxylic acid groups (broad SMARTS) is 2. The number of aromatic nitrogens is 3. The third kappa shape index (κ3) is 5.12. The van der Waals surface area contributed by atoms with E-state index in [2.05, 4.69) is 61.4 Å². The lowest BCUT2D eigenvalue weighted by Crippen LogP contribution is -2.38. The number of benzene rings is 1. The van der Waals surface area contributed by atoms with Gasteiger partial charge in [0.05, 0.1) is 5.69 Å². The molecule has 0 saturated carbocycles. The summed E-state index contributed by atoms with van der Waals surface area (Å²) in [5.74, 6) is -1.49. The first-order valence-corrected chi connectivity index (χ1v) is 10.5. The van der Waals surface area contributed by atoms with Crippen LogP contribution in [0.5, 0.6) is 0 Å². The number of aromatic amines is 1. The van der Waals surface area contributed by atoms with Crippen molar-refractivity contribution in [3.63, 3.8) is 0 Å². The van der Waals surface area contributed by atoms with Gasteiger partial charge in [-0.2, -0.15) is 0 Å². The van der Waals surface area contributed by atoms with Gasteiger partial charge in [-0.1, -0.05) is 12.1 Å². The van der Waals surface area contributed by atoms with Crippen LogP contribution in [0, 0.1) is 0 Å². The second kappa shape index (κ2) is 9.61. The van der Waals surface area contributed by atoms with E-state index in [0.717, 1.165) is 35.7 Å². The number of hydrogen-bond donors (Lipinski definition) is 3. The maximum Gasteiger partial charge on any atom is 0.328 e. The molecule has 166 valence electrons. The Kier molecular flexibility index (Phi) is 6.46. The molecule has 3 N–H and O–H groups in total. The van der Waals surface area contributed by atoms with Gasteiger partial charge in [0, 0.05) is 61.6 Å². The van der Waals surface area contributed by atoms with Crippen molar-refractivity contribution in [2.75, 3.05) is 31.1 Å². The summed E-state index contributed by atoms with van der Waals surface area (Å²) in [5, 5.41) is 25.9. The van der Waals surface area contributed by atoms with Crippen molar-refractivity contribution in [2.24, 2.45) is 0 Å². The monoisotopic (exact) mass is 435 g/mol. The first-order valence-electron chi connectivity index (χ1n) is 10.5.